The maximum atomic E-state index is 12.6. The Morgan fingerprint density at radius 3 is 2.56 bits per heavy atom. The first kappa shape index (κ1) is 18.8. The number of para-hydroxylation sites is 1. The molecule has 0 saturated heterocycles. The smallest absolute Gasteiger partial charge is 0.261 e. The highest BCUT2D eigenvalue weighted by molar-refractivity contribution is 5.77. The molecule has 27 heavy (non-hydrogen) atoms. The molecule has 0 unspecified atom stereocenters. The maximum absolute atomic E-state index is 12.6. The zero-order valence-corrected chi connectivity index (χ0v) is 15.3. The average Bonchev–Trinajstić information content (AvgIpc) is 2.71. The van der Waals surface area contributed by atoms with Gasteiger partial charge in [0.25, 0.3) is 5.56 Å². The fourth-order valence-corrected chi connectivity index (χ4v) is 3.07. The quantitative estimate of drug-likeness (QED) is 0.661. The van der Waals surface area contributed by atoms with Crippen molar-refractivity contribution in [1.82, 2.24) is 14.5 Å². The van der Waals surface area contributed by atoms with E-state index in [4.69, 9.17) is 5.73 Å². The summed E-state index contributed by atoms with van der Waals surface area (Å²) in [7, 11) is 0. The van der Waals surface area contributed by atoms with Crippen molar-refractivity contribution in [2.24, 2.45) is 5.73 Å². The second kappa shape index (κ2) is 9.09. The highest BCUT2D eigenvalue weighted by atomic mass is 16.2. The summed E-state index contributed by atoms with van der Waals surface area (Å²) >= 11 is 0. The predicted octanol–water partition coefficient (Wildman–Crippen LogP) is 1.82. The van der Waals surface area contributed by atoms with Crippen molar-refractivity contribution in [2.45, 2.75) is 19.4 Å². The molecule has 140 valence electrons. The van der Waals surface area contributed by atoms with E-state index in [2.05, 4.69) is 4.98 Å². The van der Waals surface area contributed by atoms with E-state index >= 15 is 0 Å². The van der Waals surface area contributed by atoms with E-state index in [1.807, 2.05) is 42.5 Å². The van der Waals surface area contributed by atoms with Crippen LogP contribution in [-0.4, -0.2) is 40.0 Å². The van der Waals surface area contributed by atoms with Crippen molar-refractivity contribution in [2.75, 3.05) is 19.6 Å². The van der Waals surface area contributed by atoms with E-state index in [0.717, 1.165) is 6.42 Å². The standard InChI is InChI=1S/C21H24N4O2/c22-12-15-24(13-10-17-6-2-1-3-7-17)20(26)11-14-25-16-23-19-9-5-4-8-18(19)21(25)27/h1-9,16H,10-15,22H2. The molecule has 0 saturated carbocycles. The lowest BCUT2D eigenvalue weighted by Gasteiger charge is -2.22. The molecule has 6 heteroatoms. The van der Waals surface area contributed by atoms with Crippen LogP contribution in [0.4, 0.5) is 0 Å². The Morgan fingerprint density at radius 1 is 1.04 bits per heavy atom. The summed E-state index contributed by atoms with van der Waals surface area (Å²) < 4.78 is 1.50. The molecule has 2 N–H and O–H groups in total. The summed E-state index contributed by atoms with van der Waals surface area (Å²) in [5, 5.41) is 0.565. The SMILES string of the molecule is NCCN(CCc1ccccc1)C(=O)CCn1cnc2ccccc2c1=O. The molecule has 0 aliphatic heterocycles. The zero-order valence-electron chi connectivity index (χ0n) is 15.3. The number of aryl methyl sites for hydroxylation is 1. The van der Waals surface area contributed by atoms with Gasteiger partial charge in [-0.2, -0.15) is 0 Å². The van der Waals surface area contributed by atoms with Gasteiger partial charge in [-0.1, -0.05) is 42.5 Å². The molecule has 3 aromatic rings. The molecule has 6 nitrogen and oxygen atoms in total. The van der Waals surface area contributed by atoms with E-state index in [1.165, 1.54) is 16.5 Å². The number of carbonyl (C=O) groups is 1. The highest BCUT2D eigenvalue weighted by Gasteiger charge is 2.13. The van der Waals surface area contributed by atoms with Crippen molar-refractivity contribution in [1.29, 1.82) is 0 Å². The Balaban J connectivity index is 1.64. The van der Waals surface area contributed by atoms with E-state index in [9.17, 15) is 9.59 Å². The summed E-state index contributed by atoms with van der Waals surface area (Å²) in [6.45, 7) is 1.85. The average molecular weight is 364 g/mol. The molecule has 1 heterocycles. The second-order valence-electron chi connectivity index (χ2n) is 6.42. The van der Waals surface area contributed by atoms with Crippen molar-refractivity contribution in [3.63, 3.8) is 0 Å². The van der Waals surface area contributed by atoms with Crippen molar-refractivity contribution < 1.29 is 4.79 Å². The number of nitrogens with two attached hydrogens (primary N) is 1. The summed E-state index contributed by atoms with van der Waals surface area (Å²) in [5.41, 5.74) is 7.40. The van der Waals surface area contributed by atoms with Crippen LogP contribution < -0.4 is 11.3 Å². The maximum Gasteiger partial charge on any atom is 0.261 e. The third-order valence-electron chi connectivity index (χ3n) is 4.56. The number of aromatic nitrogens is 2. The van der Waals surface area contributed by atoms with Crippen LogP contribution in [0.5, 0.6) is 0 Å². The number of carbonyl (C=O) groups excluding carboxylic acids is 1. The molecule has 0 bridgehead atoms. The lowest BCUT2D eigenvalue weighted by Crippen LogP contribution is -2.37. The molecule has 3 rings (SSSR count). The largest absolute Gasteiger partial charge is 0.341 e. The molecule has 1 aromatic heterocycles. The van der Waals surface area contributed by atoms with E-state index in [0.29, 0.717) is 37.1 Å². The van der Waals surface area contributed by atoms with E-state index in [-0.39, 0.29) is 17.9 Å². The van der Waals surface area contributed by atoms with Crippen LogP contribution in [0, 0.1) is 0 Å². The number of fused-ring (bicyclic) bond motifs is 1. The summed E-state index contributed by atoms with van der Waals surface area (Å²) in [5.74, 6) is -0.00330. The Labute approximate surface area is 158 Å². The molecule has 0 radical (unpaired) electrons. The third-order valence-corrected chi connectivity index (χ3v) is 4.56. The van der Waals surface area contributed by atoms with Crippen molar-refractivity contribution in [3.05, 3.63) is 76.8 Å². The van der Waals surface area contributed by atoms with Gasteiger partial charge in [-0.25, -0.2) is 4.98 Å². The predicted molar refractivity (Wildman–Crippen MR) is 106 cm³/mol. The van der Waals surface area contributed by atoms with Gasteiger partial charge in [0, 0.05) is 32.6 Å². The van der Waals surface area contributed by atoms with Gasteiger partial charge >= 0.3 is 0 Å². The van der Waals surface area contributed by atoms with Crippen LogP contribution in [0.2, 0.25) is 0 Å². The first-order chi connectivity index (χ1) is 13.2. The van der Waals surface area contributed by atoms with Crippen molar-refractivity contribution >= 4 is 16.8 Å². The first-order valence-electron chi connectivity index (χ1n) is 9.15. The van der Waals surface area contributed by atoms with Gasteiger partial charge in [-0.15, -0.1) is 0 Å². The molecule has 0 aliphatic rings. The van der Waals surface area contributed by atoms with Gasteiger partial charge in [0.05, 0.1) is 17.2 Å². The summed E-state index contributed by atoms with van der Waals surface area (Å²) in [4.78, 5) is 31.2. The van der Waals surface area contributed by atoms with Crippen LogP contribution in [0.3, 0.4) is 0 Å². The normalized spacial score (nSPS) is 10.9. The molecule has 0 atom stereocenters. The van der Waals surface area contributed by atoms with Gasteiger partial charge < -0.3 is 10.6 Å². The number of benzene rings is 2. The number of hydrogen-bond donors (Lipinski definition) is 1. The topological polar surface area (TPSA) is 81.2 Å². The minimum atomic E-state index is -0.122. The second-order valence-corrected chi connectivity index (χ2v) is 6.42. The minimum absolute atomic E-state index is 0.00330. The molecular weight excluding hydrogens is 340 g/mol. The molecule has 1 amide bonds. The Bertz CT molecular complexity index is 953. The van der Waals surface area contributed by atoms with Crippen LogP contribution in [0.25, 0.3) is 10.9 Å². The third kappa shape index (κ3) is 4.80. The Kier molecular flexibility index (Phi) is 6.33. The van der Waals surface area contributed by atoms with E-state index in [1.54, 1.807) is 17.0 Å². The van der Waals surface area contributed by atoms with Gasteiger partial charge in [0.1, 0.15) is 0 Å². The summed E-state index contributed by atoms with van der Waals surface area (Å²) in [6, 6.07) is 17.3. The Hall–Kier alpha value is -2.99. The van der Waals surface area contributed by atoms with Crippen LogP contribution in [0.15, 0.2) is 65.7 Å². The summed E-state index contributed by atoms with van der Waals surface area (Å²) in [6.07, 6.45) is 2.54. The molecule has 0 aliphatic carbocycles. The number of amides is 1. The molecule has 0 fully saturated rings. The Morgan fingerprint density at radius 2 is 1.78 bits per heavy atom. The van der Waals surface area contributed by atoms with Gasteiger partial charge in [0.2, 0.25) is 5.91 Å². The number of hydrogen-bond acceptors (Lipinski definition) is 4. The van der Waals surface area contributed by atoms with Gasteiger partial charge in [-0.05, 0) is 24.1 Å². The lowest BCUT2D eigenvalue weighted by atomic mass is 10.1. The molecule has 0 spiro atoms. The number of nitrogens with zero attached hydrogens (tertiary/aromatic N) is 3. The monoisotopic (exact) mass is 364 g/mol. The minimum Gasteiger partial charge on any atom is -0.341 e. The fourth-order valence-electron chi connectivity index (χ4n) is 3.07. The number of rotatable bonds is 8. The molecule has 2 aromatic carbocycles. The molecular formula is C21H24N4O2. The first-order valence-corrected chi connectivity index (χ1v) is 9.15. The van der Waals surface area contributed by atoms with Crippen LogP contribution in [-0.2, 0) is 17.8 Å². The van der Waals surface area contributed by atoms with E-state index < -0.39 is 0 Å². The zero-order chi connectivity index (χ0) is 19.1. The highest BCUT2D eigenvalue weighted by Crippen LogP contribution is 2.06. The fraction of sp³-hybridized carbons (Fsp3) is 0.286. The van der Waals surface area contributed by atoms with Gasteiger partial charge in [0.15, 0.2) is 0 Å². The van der Waals surface area contributed by atoms with Gasteiger partial charge in [-0.3, -0.25) is 14.2 Å². The van der Waals surface area contributed by atoms with Crippen LogP contribution in [0.1, 0.15) is 12.0 Å². The lowest BCUT2D eigenvalue weighted by molar-refractivity contribution is -0.131. The van der Waals surface area contributed by atoms with Crippen molar-refractivity contribution in [3.8, 4) is 0 Å². The van der Waals surface area contributed by atoms with Crippen LogP contribution >= 0.6 is 0 Å².